The topological polar surface area (TPSA) is 56.1 Å². The van der Waals surface area contributed by atoms with Gasteiger partial charge in [0.15, 0.2) is 0 Å². The third kappa shape index (κ3) is 4.64. The van der Waals surface area contributed by atoms with Crippen molar-refractivity contribution in [2.24, 2.45) is 0 Å². The second-order valence-electron chi connectivity index (χ2n) is 4.92. The van der Waals surface area contributed by atoms with E-state index >= 15 is 0 Å². The fourth-order valence-corrected chi connectivity index (χ4v) is 1.91. The van der Waals surface area contributed by atoms with E-state index in [9.17, 15) is 10.1 Å². The summed E-state index contributed by atoms with van der Waals surface area (Å²) < 4.78 is 0. The summed E-state index contributed by atoms with van der Waals surface area (Å²) in [6.07, 6.45) is 4.69. The molecule has 0 saturated carbocycles. The van der Waals surface area contributed by atoms with Crippen LogP contribution in [0.25, 0.3) is 0 Å². The molecule has 0 radical (unpaired) electrons. The number of nitrogens with zero attached hydrogens (tertiary/aromatic N) is 2. The van der Waals surface area contributed by atoms with Crippen molar-refractivity contribution in [3.8, 4) is 6.07 Å². The Balaban J connectivity index is 2.96. The summed E-state index contributed by atoms with van der Waals surface area (Å²) in [6.45, 7) is 11.9. The maximum Gasteiger partial charge on any atom is 0.266 e. The predicted octanol–water partition coefficient (Wildman–Crippen LogP) is 3.32. The highest BCUT2D eigenvalue weighted by molar-refractivity contribution is 5.97. The second-order valence-corrected chi connectivity index (χ2v) is 4.92. The van der Waals surface area contributed by atoms with Crippen LogP contribution in [-0.4, -0.2) is 23.9 Å². The summed E-state index contributed by atoms with van der Waals surface area (Å²) in [5.74, 6) is -0.347. The van der Waals surface area contributed by atoms with Gasteiger partial charge in [-0.05, 0) is 31.0 Å². The lowest BCUT2D eigenvalue weighted by Gasteiger charge is -2.18. The zero-order valence-electron chi connectivity index (χ0n) is 13.1. The Morgan fingerprint density at radius 2 is 1.95 bits per heavy atom. The van der Waals surface area contributed by atoms with Gasteiger partial charge in [0.2, 0.25) is 0 Å². The summed E-state index contributed by atoms with van der Waals surface area (Å²) in [4.78, 5) is 13.8. The van der Waals surface area contributed by atoms with Crippen molar-refractivity contribution in [2.45, 2.75) is 13.8 Å². The first-order chi connectivity index (χ1) is 10.5. The molecule has 0 aromatic heterocycles. The summed E-state index contributed by atoms with van der Waals surface area (Å²) in [6, 6.07) is 7.91. The predicted molar refractivity (Wildman–Crippen MR) is 90.2 cm³/mol. The zero-order valence-corrected chi connectivity index (χ0v) is 13.1. The summed E-state index contributed by atoms with van der Waals surface area (Å²) >= 11 is 0. The first-order valence-electron chi connectivity index (χ1n) is 6.98. The van der Waals surface area contributed by atoms with E-state index in [1.54, 1.807) is 12.2 Å². The third-order valence-electron chi connectivity index (χ3n) is 3.10. The maximum atomic E-state index is 12.3. The van der Waals surface area contributed by atoms with Crippen molar-refractivity contribution < 1.29 is 4.79 Å². The highest BCUT2D eigenvalue weighted by Gasteiger charge is 2.16. The van der Waals surface area contributed by atoms with Gasteiger partial charge in [-0.3, -0.25) is 4.79 Å². The van der Waals surface area contributed by atoms with Crippen LogP contribution in [0.5, 0.6) is 0 Å². The summed E-state index contributed by atoms with van der Waals surface area (Å²) in [5.41, 5.74) is 3.07. The summed E-state index contributed by atoms with van der Waals surface area (Å²) in [7, 11) is 0. The van der Waals surface area contributed by atoms with Crippen molar-refractivity contribution in [1.82, 2.24) is 4.90 Å². The van der Waals surface area contributed by atoms with Gasteiger partial charge in [-0.1, -0.05) is 24.3 Å². The van der Waals surface area contributed by atoms with Gasteiger partial charge in [0.05, 0.1) is 0 Å². The van der Waals surface area contributed by atoms with Crippen molar-refractivity contribution >= 4 is 11.6 Å². The number of nitriles is 1. The van der Waals surface area contributed by atoms with Gasteiger partial charge in [-0.25, -0.2) is 0 Å². The number of amides is 1. The first-order valence-corrected chi connectivity index (χ1v) is 6.98. The minimum absolute atomic E-state index is 0.0459. The van der Waals surface area contributed by atoms with Crippen LogP contribution in [0, 0.1) is 25.2 Å². The minimum Gasteiger partial charge on any atom is -0.360 e. The zero-order chi connectivity index (χ0) is 16.5. The van der Waals surface area contributed by atoms with E-state index < -0.39 is 0 Å². The van der Waals surface area contributed by atoms with Crippen LogP contribution in [-0.2, 0) is 4.79 Å². The average Bonchev–Trinajstić information content (AvgIpc) is 2.50. The number of carbonyl (C=O) groups excluding carboxylic acids is 1. The van der Waals surface area contributed by atoms with Gasteiger partial charge < -0.3 is 10.2 Å². The Hall–Kier alpha value is -2.80. The SMILES string of the molecule is C=CCN(CC=C)C(=O)/C(C#N)=C\Nc1cc(C)ccc1C. The van der Waals surface area contributed by atoms with E-state index in [0.717, 1.165) is 16.8 Å². The van der Waals surface area contributed by atoms with E-state index in [1.165, 1.54) is 11.1 Å². The molecule has 1 aromatic carbocycles. The molecule has 114 valence electrons. The fourth-order valence-electron chi connectivity index (χ4n) is 1.91. The third-order valence-corrected chi connectivity index (χ3v) is 3.10. The Bertz CT molecular complexity index is 628. The molecule has 4 heteroatoms. The number of carbonyl (C=O) groups is 1. The molecule has 0 saturated heterocycles. The number of hydrogen-bond acceptors (Lipinski definition) is 3. The standard InChI is InChI=1S/C18H21N3O/c1-5-9-21(10-6-2)18(22)16(12-19)13-20-17-11-14(3)7-8-15(17)4/h5-8,11,13,20H,1-2,9-10H2,3-4H3/b16-13-. The van der Waals surface area contributed by atoms with Crippen LogP contribution in [0.4, 0.5) is 5.69 Å². The Morgan fingerprint density at radius 3 is 2.50 bits per heavy atom. The molecule has 0 atom stereocenters. The highest BCUT2D eigenvalue weighted by Crippen LogP contribution is 2.17. The number of rotatable bonds is 7. The van der Waals surface area contributed by atoms with E-state index in [-0.39, 0.29) is 11.5 Å². The number of hydrogen-bond donors (Lipinski definition) is 1. The van der Waals surface area contributed by atoms with E-state index in [0.29, 0.717) is 13.1 Å². The largest absolute Gasteiger partial charge is 0.360 e. The lowest BCUT2D eigenvalue weighted by Crippen LogP contribution is -2.32. The van der Waals surface area contributed by atoms with Gasteiger partial charge in [-0.2, -0.15) is 5.26 Å². The van der Waals surface area contributed by atoms with E-state index in [2.05, 4.69) is 18.5 Å². The fraction of sp³-hybridized carbons (Fsp3) is 0.222. The number of nitrogens with one attached hydrogen (secondary N) is 1. The monoisotopic (exact) mass is 295 g/mol. The van der Waals surface area contributed by atoms with Crippen LogP contribution in [0.15, 0.2) is 55.3 Å². The van der Waals surface area contributed by atoms with E-state index in [4.69, 9.17) is 0 Å². The molecule has 0 aliphatic heterocycles. The molecule has 22 heavy (non-hydrogen) atoms. The number of aryl methyl sites for hydroxylation is 2. The lowest BCUT2D eigenvalue weighted by molar-refractivity contribution is -0.125. The molecule has 1 aromatic rings. The Kier molecular flexibility index (Phi) is 6.65. The molecule has 1 rings (SSSR count). The van der Waals surface area contributed by atoms with Crippen molar-refractivity contribution in [1.29, 1.82) is 5.26 Å². The van der Waals surface area contributed by atoms with Crippen LogP contribution in [0.3, 0.4) is 0 Å². The molecule has 1 N–H and O–H groups in total. The molecule has 0 aliphatic carbocycles. The molecule has 0 spiro atoms. The van der Waals surface area contributed by atoms with Crippen molar-refractivity contribution in [3.63, 3.8) is 0 Å². The van der Waals surface area contributed by atoms with Crippen LogP contribution >= 0.6 is 0 Å². The van der Waals surface area contributed by atoms with Gasteiger partial charge in [0.1, 0.15) is 11.6 Å². The molecule has 0 unspecified atom stereocenters. The van der Waals surface area contributed by atoms with Crippen LogP contribution in [0.2, 0.25) is 0 Å². The minimum atomic E-state index is -0.347. The second kappa shape index (κ2) is 8.48. The highest BCUT2D eigenvalue weighted by atomic mass is 16.2. The molecular formula is C18H21N3O. The Morgan fingerprint density at radius 1 is 1.32 bits per heavy atom. The van der Waals surface area contributed by atoms with Gasteiger partial charge in [0, 0.05) is 25.0 Å². The smallest absolute Gasteiger partial charge is 0.266 e. The van der Waals surface area contributed by atoms with Crippen LogP contribution in [0.1, 0.15) is 11.1 Å². The molecule has 0 fully saturated rings. The van der Waals surface area contributed by atoms with Crippen molar-refractivity contribution in [3.05, 3.63) is 66.4 Å². The van der Waals surface area contributed by atoms with Gasteiger partial charge >= 0.3 is 0 Å². The van der Waals surface area contributed by atoms with Gasteiger partial charge in [-0.15, -0.1) is 13.2 Å². The van der Waals surface area contributed by atoms with Crippen molar-refractivity contribution in [2.75, 3.05) is 18.4 Å². The maximum absolute atomic E-state index is 12.3. The summed E-state index contributed by atoms with van der Waals surface area (Å²) in [5, 5.41) is 12.3. The van der Waals surface area contributed by atoms with E-state index in [1.807, 2.05) is 38.1 Å². The normalized spacial score (nSPS) is 10.5. The molecule has 1 amide bonds. The number of anilines is 1. The number of benzene rings is 1. The molecular weight excluding hydrogens is 274 g/mol. The molecule has 0 heterocycles. The quantitative estimate of drug-likeness (QED) is 0.477. The molecule has 4 nitrogen and oxygen atoms in total. The van der Waals surface area contributed by atoms with Gasteiger partial charge in [0.25, 0.3) is 5.91 Å². The Labute approximate surface area is 132 Å². The first kappa shape index (κ1) is 17.3. The van der Waals surface area contributed by atoms with Crippen LogP contribution < -0.4 is 5.32 Å². The lowest BCUT2D eigenvalue weighted by atomic mass is 10.1. The average molecular weight is 295 g/mol. The molecule has 0 aliphatic rings. The molecule has 0 bridgehead atoms.